The Labute approximate surface area is 115 Å². The average Bonchev–Trinajstić information content (AvgIpc) is 2.48. The van der Waals surface area contributed by atoms with Gasteiger partial charge in [-0.2, -0.15) is 0 Å². The first-order valence-corrected chi connectivity index (χ1v) is 7.48. The lowest BCUT2D eigenvalue weighted by atomic mass is 9.55. The molecule has 2 atom stereocenters. The van der Waals surface area contributed by atoms with Gasteiger partial charge in [0, 0.05) is 18.1 Å². The van der Waals surface area contributed by atoms with Crippen LogP contribution in [-0.4, -0.2) is 28.7 Å². The first-order valence-electron chi connectivity index (χ1n) is 7.48. The van der Waals surface area contributed by atoms with Crippen LogP contribution in [0.2, 0.25) is 0 Å². The molecule has 0 aliphatic heterocycles. The van der Waals surface area contributed by atoms with Crippen molar-refractivity contribution in [1.29, 1.82) is 0 Å². The summed E-state index contributed by atoms with van der Waals surface area (Å²) in [4.78, 5) is 8.16. The molecule has 1 aromatic rings. The summed E-state index contributed by atoms with van der Waals surface area (Å²) in [5.41, 5.74) is 1.39. The lowest BCUT2D eigenvalue weighted by Gasteiger charge is -2.58. The molecule has 0 saturated heterocycles. The quantitative estimate of drug-likeness (QED) is 0.905. The van der Waals surface area contributed by atoms with E-state index in [0.717, 1.165) is 18.7 Å². The fourth-order valence-electron chi connectivity index (χ4n) is 3.84. The van der Waals surface area contributed by atoms with Gasteiger partial charge in [-0.1, -0.05) is 19.3 Å². The zero-order valence-corrected chi connectivity index (χ0v) is 11.6. The minimum absolute atomic E-state index is 0.351. The van der Waals surface area contributed by atoms with Crippen LogP contribution < -0.4 is 5.32 Å². The molecule has 2 aliphatic carbocycles. The Hall–Kier alpha value is -1.16. The zero-order valence-electron chi connectivity index (χ0n) is 11.6. The summed E-state index contributed by atoms with van der Waals surface area (Å²) in [6.45, 7) is 2.93. The fourth-order valence-corrected chi connectivity index (χ4v) is 3.84. The highest BCUT2D eigenvalue weighted by atomic mass is 16.5. The number of ether oxygens (including phenoxy) is 1. The van der Waals surface area contributed by atoms with E-state index in [1.165, 1.54) is 32.1 Å². The van der Waals surface area contributed by atoms with Crippen LogP contribution in [0.4, 0.5) is 5.69 Å². The lowest BCUT2D eigenvalue weighted by Crippen LogP contribution is -2.62. The molecule has 0 amide bonds. The van der Waals surface area contributed by atoms with Gasteiger partial charge in [0.25, 0.3) is 0 Å². The van der Waals surface area contributed by atoms with Crippen LogP contribution in [0.1, 0.15) is 45.4 Å². The number of hydrogen-bond donors (Lipinski definition) is 1. The summed E-state index contributed by atoms with van der Waals surface area (Å²) in [5.74, 6) is 0. The van der Waals surface area contributed by atoms with E-state index in [1.54, 1.807) is 6.33 Å². The predicted molar refractivity (Wildman–Crippen MR) is 75.0 cm³/mol. The minimum Gasteiger partial charge on any atom is -0.379 e. The van der Waals surface area contributed by atoms with Crippen molar-refractivity contribution in [3.63, 3.8) is 0 Å². The van der Waals surface area contributed by atoms with E-state index in [1.807, 2.05) is 12.4 Å². The van der Waals surface area contributed by atoms with Gasteiger partial charge in [0.2, 0.25) is 0 Å². The highest BCUT2D eigenvalue weighted by Gasteiger charge is 2.55. The molecule has 1 spiro atoms. The standard InChI is InChI=1S/C15H23N3O/c1-2-19-14-8-13(15(14)6-4-3-5-7-15)18-12-9-16-11-17-10-12/h9-11,13-14,18H,2-8H2,1H3. The maximum absolute atomic E-state index is 5.97. The van der Waals surface area contributed by atoms with Gasteiger partial charge in [-0.15, -0.1) is 0 Å². The molecular weight excluding hydrogens is 238 g/mol. The van der Waals surface area contributed by atoms with Gasteiger partial charge in [-0.05, 0) is 26.2 Å². The Bertz CT molecular complexity index is 403. The molecule has 2 fully saturated rings. The van der Waals surface area contributed by atoms with Gasteiger partial charge >= 0.3 is 0 Å². The molecule has 0 aromatic carbocycles. The Kier molecular flexibility index (Phi) is 3.69. The summed E-state index contributed by atoms with van der Waals surface area (Å²) in [6, 6.07) is 0.523. The van der Waals surface area contributed by atoms with Crippen LogP contribution in [0.3, 0.4) is 0 Å². The van der Waals surface area contributed by atoms with Crippen LogP contribution in [0.15, 0.2) is 18.7 Å². The normalized spacial score (nSPS) is 28.9. The molecule has 4 nitrogen and oxygen atoms in total. The van der Waals surface area contributed by atoms with E-state index in [2.05, 4.69) is 22.2 Å². The number of nitrogens with one attached hydrogen (secondary N) is 1. The second-order valence-electron chi connectivity index (χ2n) is 5.80. The number of hydrogen-bond acceptors (Lipinski definition) is 4. The van der Waals surface area contributed by atoms with Crippen LogP contribution in [0.25, 0.3) is 0 Å². The Balaban J connectivity index is 1.71. The number of nitrogens with zero attached hydrogens (tertiary/aromatic N) is 2. The molecule has 3 rings (SSSR count). The lowest BCUT2D eigenvalue weighted by molar-refractivity contribution is -0.134. The van der Waals surface area contributed by atoms with Gasteiger partial charge in [0.05, 0.1) is 24.2 Å². The first kappa shape index (κ1) is 12.9. The number of aromatic nitrogens is 2. The predicted octanol–water partition coefficient (Wildman–Crippen LogP) is 3.02. The van der Waals surface area contributed by atoms with E-state index in [9.17, 15) is 0 Å². The molecule has 1 heterocycles. The number of rotatable bonds is 4. The van der Waals surface area contributed by atoms with E-state index in [0.29, 0.717) is 17.6 Å². The van der Waals surface area contributed by atoms with Crippen molar-refractivity contribution in [1.82, 2.24) is 9.97 Å². The van der Waals surface area contributed by atoms with Crippen molar-refractivity contribution in [2.24, 2.45) is 5.41 Å². The maximum atomic E-state index is 5.97. The average molecular weight is 261 g/mol. The highest BCUT2D eigenvalue weighted by molar-refractivity contribution is 5.41. The third-order valence-corrected chi connectivity index (χ3v) is 4.84. The summed E-state index contributed by atoms with van der Waals surface area (Å²) < 4.78 is 5.97. The fraction of sp³-hybridized carbons (Fsp3) is 0.733. The summed E-state index contributed by atoms with van der Waals surface area (Å²) >= 11 is 0. The third kappa shape index (κ3) is 2.34. The molecule has 104 valence electrons. The summed E-state index contributed by atoms with van der Waals surface area (Å²) in [6.07, 6.45) is 13.5. The topological polar surface area (TPSA) is 47.0 Å². The van der Waals surface area contributed by atoms with Crippen molar-refractivity contribution in [3.8, 4) is 0 Å². The second-order valence-corrected chi connectivity index (χ2v) is 5.80. The van der Waals surface area contributed by atoms with Crippen molar-refractivity contribution in [2.45, 2.75) is 57.6 Å². The molecular formula is C15H23N3O. The smallest absolute Gasteiger partial charge is 0.115 e. The Morgan fingerprint density at radius 3 is 2.68 bits per heavy atom. The molecule has 0 radical (unpaired) electrons. The van der Waals surface area contributed by atoms with Crippen LogP contribution in [0, 0.1) is 5.41 Å². The molecule has 19 heavy (non-hydrogen) atoms. The first-order chi connectivity index (χ1) is 9.35. The SMILES string of the molecule is CCOC1CC(Nc2cncnc2)C12CCCCC2. The Morgan fingerprint density at radius 1 is 1.26 bits per heavy atom. The monoisotopic (exact) mass is 261 g/mol. The van der Waals surface area contributed by atoms with Crippen LogP contribution >= 0.6 is 0 Å². The molecule has 4 heteroatoms. The molecule has 0 bridgehead atoms. The van der Waals surface area contributed by atoms with Crippen LogP contribution in [-0.2, 0) is 4.74 Å². The minimum atomic E-state index is 0.351. The third-order valence-electron chi connectivity index (χ3n) is 4.84. The van der Waals surface area contributed by atoms with E-state index < -0.39 is 0 Å². The van der Waals surface area contributed by atoms with Crippen molar-refractivity contribution in [2.75, 3.05) is 11.9 Å². The summed E-state index contributed by atoms with van der Waals surface area (Å²) in [5, 5.41) is 3.62. The van der Waals surface area contributed by atoms with Crippen LogP contribution in [0.5, 0.6) is 0 Å². The molecule has 2 saturated carbocycles. The van der Waals surface area contributed by atoms with Gasteiger partial charge in [0.15, 0.2) is 0 Å². The van der Waals surface area contributed by atoms with E-state index >= 15 is 0 Å². The van der Waals surface area contributed by atoms with Crippen molar-refractivity contribution in [3.05, 3.63) is 18.7 Å². The van der Waals surface area contributed by atoms with Gasteiger partial charge in [-0.3, -0.25) is 0 Å². The van der Waals surface area contributed by atoms with Gasteiger partial charge < -0.3 is 10.1 Å². The largest absolute Gasteiger partial charge is 0.379 e. The second kappa shape index (κ2) is 5.45. The van der Waals surface area contributed by atoms with Crippen molar-refractivity contribution >= 4 is 5.69 Å². The molecule has 2 aliphatic rings. The zero-order chi connectivity index (χ0) is 13.1. The van der Waals surface area contributed by atoms with E-state index in [4.69, 9.17) is 4.74 Å². The molecule has 2 unspecified atom stereocenters. The molecule has 1 aromatic heterocycles. The van der Waals surface area contributed by atoms with Gasteiger partial charge in [-0.25, -0.2) is 9.97 Å². The summed E-state index contributed by atoms with van der Waals surface area (Å²) in [7, 11) is 0. The Morgan fingerprint density at radius 2 is 2.00 bits per heavy atom. The molecule has 1 N–H and O–H groups in total. The maximum Gasteiger partial charge on any atom is 0.115 e. The van der Waals surface area contributed by atoms with E-state index in [-0.39, 0.29) is 0 Å². The van der Waals surface area contributed by atoms with Gasteiger partial charge in [0.1, 0.15) is 6.33 Å². The number of anilines is 1. The highest BCUT2D eigenvalue weighted by Crippen LogP contribution is 2.54. The van der Waals surface area contributed by atoms with Crippen molar-refractivity contribution < 1.29 is 4.74 Å².